The van der Waals surface area contributed by atoms with Crippen LogP contribution >= 0.6 is 23.1 Å². The van der Waals surface area contributed by atoms with Crippen LogP contribution in [0.2, 0.25) is 0 Å². The predicted octanol–water partition coefficient (Wildman–Crippen LogP) is 5.73. The molecule has 1 atom stereocenters. The van der Waals surface area contributed by atoms with Gasteiger partial charge >= 0.3 is 5.97 Å². The van der Waals surface area contributed by atoms with Crippen LogP contribution in [0.4, 0.5) is 5.00 Å². The standard InChI is InChI=1S/C30H33N5O5S2/c1-4-39-29(38)25-21-12-6-5-7-14-23(21)42-28(25)32-26(36)19(3)41-30-34-33-24(17-31-27(37)22-13-9-15-40-22)35(30)20-11-8-10-18(2)16-20/h8-11,13,15-16,19H,4-7,12,14,17H2,1-3H3,(H,31,37)(H,32,36)/t19-/m1/s1. The predicted molar refractivity (Wildman–Crippen MR) is 161 cm³/mol. The van der Waals surface area contributed by atoms with Gasteiger partial charge in [-0.15, -0.1) is 21.5 Å². The number of amides is 2. The third kappa shape index (κ3) is 6.60. The number of nitrogens with zero attached hydrogens (tertiary/aromatic N) is 3. The van der Waals surface area contributed by atoms with Crippen LogP contribution in [0.25, 0.3) is 5.69 Å². The zero-order valence-electron chi connectivity index (χ0n) is 23.8. The van der Waals surface area contributed by atoms with E-state index in [0.717, 1.165) is 53.8 Å². The number of carbonyl (C=O) groups is 3. The summed E-state index contributed by atoms with van der Waals surface area (Å²) in [4.78, 5) is 40.1. The van der Waals surface area contributed by atoms with Crippen molar-refractivity contribution >= 4 is 45.9 Å². The summed E-state index contributed by atoms with van der Waals surface area (Å²) >= 11 is 2.72. The van der Waals surface area contributed by atoms with E-state index in [4.69, 9.17) is 9.15 Å². The van der Waals surface area contributed by atoms with Crippen molar-refractivity contribution in [1.82, 2.24) is 20.1 Å². The minimum Gasteiger partial charge on any atom is -0.462 e. The van der Waals surface area contributed by atoms with E-state index >= 15 is 0 Å². The number of aromatic nitrogens is 3. The number of esters is 1. The van der Waals surface area contributed by atoms with Crippen molar-refractivity contribution in [3.8, 4) is 5.69 Å². The van der Waals surface area contributed by atoms with Crippen molar-refractivity contribution < 1.29 is 23.5 Å². The van der Waals surface area contributed by atoms with E-state index in [-0.39, 0.29) is 30.7 Å². The van der Waals surface area contributed by atoms with Crippen LogP contribution in [0.5, 0.6) is 0 Å². The fourth-order valence-corrected chi connectivity index (χ4v) is 7.01. The molecule has 12 heteroatoms. The number of furan rings is 1. The molecule has 0 fully saturated rings. The Morgan fingerprint density at radius 1 is 1.14 bits per heavy atom. The number of carbonyl (C=O) groups excluding carboxylic acids is 3. The van der Waals surface area contributed by atoms with Gasteiger partial charge in [-0.05, 0) is 81.8 Å². The zero-order valence-corrected chi connectivity index (χ0v) is 25.4. The molecule has 0 radical (unpaired) electrons. The zero-order chi connectivity index (χ0) is 29.6. The molecule has 42 heavy (non-hydrogen) atoms. The van der Waals surface area contributed by atoms with Crippen LogP contribution in [0.3, 0.4) is 0 Å². The van der Waals surface area contributed by atoms with Crippen LogP contribution < -0.4 is 10.6 Å². The maximum atomic E-state index is 13.5. The molecule has 0 spiro atoms. The van der Waals surface area contributed by atoms with E-state index in [1.165, 1.54) is 29.4 Å². The van der Waals surface area contributed by atoms with Gasteiger partial charge in [0, 0.05) is 10.6 Å². The highest BCUT2D eigenvalue weighted by atomic mass is 32.2. The highest BCUT2D eigenvalue weighted by molar-refractivity contribution is 8.00. The molecule has 1 aromatic carbocycles. The quantitative estimate of drug-likeness (QED) is 0.133. The number of hydrogen-bond donors (Lipinski definition) is 2. The average molecular weight is 608 g/mol. The maximum Gasteiger partial charge on any atom is 0.341 e. The Morgan fingerprint density at radius 3 is 2.74 bits per heavy atom. The Balaban J connectivity index is 1.37. The highest BCUT2D eigenvalue weighted by Gasteiger charge is 2.29. The monoisotopic (exact) mass is 607 g/mol. The second kappa shape index (κ2) is 13.4. The summed E-state index contributed by atoms with van der Waals surface area (Å²) in [6, 6.07) is 11.1. The number of hydrogen-bond acceptors (Lipinski definition) is 9. The number of ether oxygens (including phenoxy) is 1. The summed E-state index contributed by atoms with van der Waals surface area (Å²) < 4.78 is 12.4. The third-order valence-electron chi connectivity index (χ3n) is 6.90. The fraction of sp³-hybridized carbons (Fsp3) is 0.367. The lowest BCUT2D eigenvalue weighted by molar-refractivity contribution is -0.115. The first-order valence-electron chi connectivity index (χ1n) is 14.0. The normalized spacial score (nSPS) is 13.6. The minimum atomic E-state index is -0.569. The molecular weight excluding hydrogens is 574 g/mol. The number of thiophene rings is 1. The van der Waals surface area contributed by atoms with Crippen LogP contribution in [-0.4, -0.2) is 44.4 Å². The van der Waals surface area contributed by atoms with Crippen LogP contribution in [0, 0.1) is 6.92 Å². The van der Waals surface area contributed by atoms with E-state index in [2.05, 4.69) is 20.8 Å². The largest absolute Gasteiger partial charge is 0.462 e. The van der Waals surface area contributed by atoms with Gasteiger partial charge in [-0.1, -0.05) is 30.3 Å². The molecule has 10 nitrogen and oxygen atoms in total. The first kappa shape index (κ1) is 29.6. The summed E-state index contributed by atoms with van der Waals surface area (Å²) in [6.45, 7) is 5.92. The Labute approximate surface area is 252 Å². The minimum absolute atomic E-state index is 0.102. The molecule has 0 unspecified atom stereocenters. The first-order valence-corrected chi connectivity index (χ1v) is 15.7. The van der Waals surface area contributed by atoms with Crippen LogP contribution in [0.15, 0.2) is 52.2 Å². The third-order valence-corrected chi connectivity index (χ3v) is 9.15. The van der Waals surface area contributed by atoms with E-state index in [1.54, 1.807) is 26.0 Å². The summed E-state index contributed by atoms with van der Waals surface area (Å²) in [5.41, 5.74) is 3.34. The van der Waals surface area contributed by atoms with Gasteiger partial charge in [0.25, 0.3) is 5.91 Å². The molecule has 0 saturated heterocycles. The summed E-state index contributed by atoms with van der Waals surface area (Å²) in [5.74, 6) is -0.319. The van der Waals surface area contributed by atoms with Crippen molar-refractivity contribution in [2.45, 2.75) is 69.8 Å². The SMILES string of the molecule is CCOC(=O)c1c(NC(=O)[C@@H](C)Sc2nnc(CNC(=O)c3ccco3)n2-c2cccc(C)c2)sc2c1CCCCC2. The van der Waals surface area contributed by atoms with E-state index in [0.29, 0.717) is 21.5 Å². The van der Waals surface area contributed by atoms with Crippen molar-refractivity contribution in [2.24, 2.45) is 0 Å². The lowest BCUT2D eigenvalue weighted by atomic mass is 10.1. The number of benzene rings is 1. The molecule has 0 saturated carbocycles. The molecular formula is C30H33N5O5S2. The molecule has 3 heterocycles. The molecule has 1 aliphatic carbocycles. The van der Waals surface area contributed by atoms with Gasteiger partial charge in [-0.25, -0.2) is 4.79 Å². The van der Waals surface area contributed by atoms with Gasteiger partial charge in [0.2, 0.25) is 5.91 Å². The molecule has 2 N–H and O–H groups in total. The molecule has 3 aromatic heterocycles. The number of fused-ring (bicyclic) bond motifs is 1. The van der Waals surface area contributed by atoms with Crippen LogP contribution in [-0.2, 0) is 28.9 Å². The van der Waals surface area contributed by atoms with E-state index in [1.807, 2.05) is 35.8 Å². The van der Waals surface area contributed by atoms with E-state index in [9.17, 15) is 14.4 Å². The van der Waals surface area contributed by atoms with Gasteiger partial charge in [0.15, 0.2) is 16.7 Å². The maximum absolute atomic E-state index is 13.5. The lowest BCUT2D eigenvalue weighted by Crippen LogP contribution is -2.25. The van der Waals surface area contributed by atoms with Gasteiger partial charge in [-0.2, -0.15) is 0 Å². The lowest BCUT2D eigenvalue weighted by Gasteiger charge is -2.15. The first-order chi connectivity index (χ1) is 20.4. The Kier molecular flexibility index (Phi) is 9.43. The van der Waals surface area contributed by atoms with Crippen molar-refractivity contribution in [3.05, 3.63) is 75.8 Å². The topological polar surface area (TPSA) is 128 Å². The van der Waals surface area contributed by atoms with E-state index < -0.39 is 11.2 Å². The van der Waals surface area contributed by atoms with Gasteiger partial charge in [0.1, 0.15) is 5.00 Å². The molecule has 5 rings (SSSR count). The highest BCUT2D eigenvalue weighted by Crippen LogP contribution is 2.38. The smallest absolute Gasteiger partial charge is 0.341 e. The number of nitrogens with one attached hydrogen (secondary N) is 2. The number of aryl methyl sites for hydroxylation is 2. The Bertz CT molecular complexity index is 1580. The number of anilines is 1. The fourth-order valence-electron chi connectivity index (χ4n) is 4.85. The van der Waals surface area contributed by atoms with Crippen molar-refractivity contribution in [2.75, 3.05) is 11.9 Å². The summed E-state index contributed by atoms with van der Waals surface area (Å²) in [7, 11) is 0. The van der Waals surface area contributed by atoms with Gasteiger partial charge in [-0.3, -0.25) is 14.2 Å². The summed E-state index contributed by atoms with van der Waals surface area (Å²) in [6.07, 6.45) is 6.33. The molecule has 1 aliphatic rings. The Morgan fingerprint density at radius 2 is 1.98 bits per heavy atom. The van der Waals surface area contributed by atoms with Crippen molar-refractivity contribution in [1.29, 1.82) is 0 Å². The van der Waals surface area contributed by atoms with Gasteiger partial charge in [0.05, 0.1) is 30.2 Å². The Hall–Kier alpha value is -3.90. The molecule has 0 bridgehead atoms. The number of thioether (sulfide) groups is 1. The van der Waals surface area contributed by atoms with Crippen molar-refractivity contribution in [3.63, 3.8) is 0 Å². The summed E-state index contributed by atoms with van der Waals surface area (Å²) in [5, 5.41) is 15.0. The van der Waals surface area contributed by atoms with Gasteiger partial charge < -0.3 is 19.8 Å². The molecule has 220 valence electrons. The molecule has 2 amide bonds. The number of rotatable bonds is 10. The van der Waals surface area contributed by atoms with Crippen LogP contribution in [0.1, 0.15) is 75.9 Å². The average Bonchev–Trinajstić information content (AvgIpc) is 3.68. The second-order valence-corrected chi connectivity index (χ2v) is 12.4. The second-order valence-electron chi connectivity index (χ2n) is 9.97. The molecule has 0 aliphatic heterocycles. The molecule has 4 aromatic rings.